The Morgan fingerprint density at radius 2 is 1.74 bits per heavy atom. The molecule has 2 N–H and O–H groups in total. The Balaban J connectivity index is 1.43. The molecule has 0 saturated carbocycles. The molecule has 0 saturated heterocycles. The van der Waals surface area contributed by atoms with E-state index < -0.39 is 12.0 Å². The first kappa shape index (κ1) is 26.5. The minimum atomic E-state index is -0.550. The van der Waals surface area contributed by atoms with E-state index in [9.17, 15) is 9.59 Å². The number of aromatic nitrogens is 1. The molecule has 7 heteroatoms. The first-order valence-corrected chi connectivity index (χ1v) is 13.7. The van der Waals surface area contributed by atoms with Gasteiger partial charge in [0.05, 0.1) is 18.6 Å². The summed E-state index contributed by atoms with van der Waals surface area (Å²) in [6.07, 6.45) is 2.75. The normalized spacial score (nSPS) is 16.8. The lowest BCUT2D eigenvalue weighted by molar-refractivity contribution is -0.124. The van der Waals surface area contributed by atoms with Crippen molar-refractivity contribution in [2.75, 3.05) is 44.8 Å². The number of carbonyl (C=O) groups excluding carboxylic acids is 2. The topological polar surface area (TPSA) is 77.7 Å². The second-order valence-corrected chi connectivity index (χ2v) is 9.85. The molecule has 7 nitrogen and oxygen atoms in total. The number of nitrogens with one attached hydrogen (secondary N) is 2. The van der Waals surface area contributed by atoms with Gasteiger partial charge in [0.15, 0.2) is 0 Å². The van der Waals surface area contributed by atoms with Crippen LogP contribution in [0, 0.1) is 0 Å². The van der Waals surface area contributed by atoms with Gasteiger partial charge in [0, 0.05) is 67.2 Å². The van der Waals surface area contributed by atoms with E-state index in [1.54, 1.807) is 12.0 Å². The number of carbonyl (C=O) groups is 2. The average molecular weight is 525 g/mol. The SMILES string of the molecule is CCN(CCCNC(=O)C1c2ccccc2C(=O)N(CCOC)C1c1c[nH]c2ccccc12)c1ccccc1. The molecule has 1 aliphatic rings. The number of amides is 2. The van der Waals surface area contributed by atoms with Gasteiger partial charge in [-0.05, 0) is 43.2 Å². The number of hydrogen-bond donors (Lipinski definition) is 2. The highest BCUT2D eigenvalue weighted by molar-refractivity contribution is 6.02. The highest BCUT2D eigenvalue weighted by Crippen LogP contribution is 2.44. The third kappa shape index (κ3) is 5.40. The number of hydrogen-bond acceptors (Lipinski definition) is 4. The summed E-state index contributed by atoms with van der Waals surface area (Å²) in [6.45, 7) is 5.20. The zero-order valence-electron chi connectivity index (χ0n) is 22.6. The van der Waals surface area contributed by atoms with E-state index in [1.807, 2.05) is 72.9 Å². The van der Waals surface area contributed by atoms with Gasteiger partial charge in [0.1, 0.15) is 0 Å². The monoisotopic (exact) mass is 524 g/mol. The third-order valence-corrected chi connectivity index (χ3v) is 7.60. The second-order valence-electron chi connectivity index (χ2n) is 9.85. The van der Waals surface area contributed by atoms with Crippen molar-refractivity contribution < 1.29 is 14.3 Å². The van der Waals surface area contributed by atoms with Crippen molar-refractivity contribution in [2.24, 2.45) is 0 Å². The highest BCUT2D eigenvalue weighted by atomic mass is 16.5. The molecule has 0 spiro atoms. The molecule has 2 atom stereocenters. The minimum Gasteiger partial charge on any atom is -0.383 e. The first-order chi connectivity index (χ1) is 19.1. The molecule has 39 heavy (non-hydrogen) atoms. The summed E-state index contributed by atoms with van der Waals surface area (Å²) in [5.41, 5.74) is 4.44. The Kier molecular flexibility index (Phi) is 8.27. The van der Waals surface area contributed by atoms with Crippen molar-refractivity contribution in [1.82, 2.24) is 15.2 Å². The van der Waals surface area contributed by atoms with Crippen molar-refractivity contribution in [3.8, 4) is 0 Å². The molecule has 2 amide bonds. The van der Waals surface area contributed by atoms with Crippen molar-refractivity contribution in [1.29, 1.82) is 0 Å². The molecule has 5 rings (SSSR count). The number of nitrogens with zero attached hydrogens (tertiary/aromatic N) is 2. The van der Waals surface area contributed by atoms with E-state index >= 15 is 0 Å². The van der Waals surface area contributed by atoms with Gasteiger partial charge in [-0.15, -0.1) is 0 Å². The summed E-state index contributed by atoms with van der Waals surface area (Å²) in [7, 11) is 1.63. The number of fused-ring (bicyclic) bond motifs is 2. The van der Waals surface area contributed by atoms with Gasteiger partial charge in [-0.25, -0.2) is 0 Å². The van der Waals surface area contributed by atoms with Gasteiger partial charge in [-0.3, -0.25) is 9.59 Å². The fourth-order valence-electron chi connectivity index (χ4n) is 5.70. The zero-order valence-corrected chi connectivity index (χ0v) is 22.6. The van der Waals surface area contributed by atoms with Crippen molar-refractivity contribution in [3.63, 3.8) is 0 Å². The van der Waals surface area contributed by atoms with Gasteiger partial charge >= 0.3 is 0 Å². The Labute approximate surface area is 229 Å². The van der Waals surface area contributed by atoms with Crippen LogP contribution in [0.2, 0.25) is 0 Å². The van der Waals surface area contributed by atoms with Crippen LogP contribution in [0.5, 0.6) is 0 Å². The largest absolute Gasteiger partial charge is 0.383 e. The molecule has 202 valence electrons. The van der Waals surface area contributed by atoms with Gasteiger partial charge in [-0.1, -0.05) is 54.6 Å². The van der Waals surface area contributed by atoms with E-state index in [1.165, 1.54) is 5.69 Å². The lowest BCUT2D eigenvalue weighted by Gasteiger charge is -2.41. The number of aromatic amines is 1. The van der Waals surface area contributed by atoms with Crippen LogP contribution >= 0.6 is 0 Å². The van der Waals surface area contributed by atoms with Crippen LogP contribution in [0.25, 0.3) is 10.9 Å². The summed E-state index contributed by atoms with van der Waals surface area (Å²) in [5, 5.41) is 4.22. The van der Waals surface area contributed by atoms with Crippen LogP contribution in [0.1, 0.15) is 46.8 Å². The fourth-order valence-corrected chi connectivity index (χ4v) is 5.70. The molecule has 1 aromatic heterocycles. The molecule has 1 aliphatic heterocycles. The summed E-state index contributed by atoms with van der Waals surface area (Å²) < 4.78 is 5.37. The number of para-hydroxylation sites is 2. The molecule has 0 fully saturated rings. The average Bonchev–Trinajstić information content (AvgIpc) is 3.41. The number of H-pyrrole nitrogens is 1. The summed E-state index contributed by atoms with van der Waals surface area (Å²) in [5.74, 6) is -0.704. The van der Waals surface area contributed by atoms with E-state index in [-0.39, 0.29) is 11.8 Å². The quantitative estimate of drug-likeness (QED) is 0.267. The molecule has 0 radical (unpaired) electrons. The van der Waals surface area contributed by atoms with Crippen LogP contribution in [0.15, 0.2) is 85.1 Å². The molecule has 4 aromatic rings. The summed E-state index contributed by atoms with van der Waals surface area (Å²) in [4.78, 5) is 35.2. The third-order valence-electron chi connectivity index (χ3n) is 7.60. The highest BCUT2D eigenvalue weighted by Gasteiger charge is 2.44. The Hall–Kier alpha value is -4.10. The predicted octanol–water partition coefficient (Wildman–Crippen LogP) is 5.13. The first-order valence-electron chi connectivity index (χ1n) is 13.7. The fraction of sp³-hybridized carbons (Fsp3) is 0.312. The van der Waals surface area contributed by atoms with Crippen molar-refractivity contribution in [3.05, 3.63) is 102 Å². The number of anilines is 1. The van der Waals surface area contributed by atoms with Crippen LogP contribution in [0.4, 0.5) is 5.69 Å². The summed E-state index contributed by atoms with van der Waals surface area (Å²) >= 11 is 0. The maximum atomic E-state index is 14.0. The zero-order chi connectivity index (χ0) is 27.2. The molecular formula is C32H36N4O3. The molecule has 0 bridgehead atoms. The predicted molar refractivity (Wildman–Crippen MR) is 155 cm³/mol. The van der Waals surface area contributed by atoms with E-state index in [4.69, 9.17) is 4.74 Å². The van der Waals surface area contributed by atoms with Crippen LogP contribution in [-0.2, 0) is 9.53 Å². The lowest BCUT2D eigenvalue weighted by atomic mass is 9.79. The van der Waals surface area contributed by atoms with E-state index in [0.29, 0.717) is 25.3 Å². The number of methoxy groups -OCH3 is 1. The summed E-state index contributed by atoms with van der Waals surface area (Å²) in [6, 6.07) is 25.4. The number of rotatable bonds is 11. The van der Waals surface area contributed by atoms with Gasteiger partial charge in [0.2, 0.25) is 5.91 Å². The Morgan fingerprint density at radius 3 is 2.54 bits per heavy atom. The van der Waals surface area contributed by atoms with Crippen LogP contribution < -0.4 is 10.2 Å². The standard InChI is InChI=1S/C32H36N4O3/c1-3-35(23-12-5-4-6-13-23)19-11-18-33-31(37)29-25-15-7-8-16-26(25)32(38)36(20-21-39-2)30(29)27-22-34-28-17-10-9-14-24(27)28/h4-10,12-17,22,29-30,34H,3,11,18-21H2,1-2H3,(H,33,37). The van der Waals surface area contributed by atoms with Crippen molar-refractivity contribution >= 4 is 28.4 Å². The molecular weight excluding hydrogens is 488 g/mol. The maximum Gasteiger partial charge on any atom is 0.254 e. The maximum absolute atomic E-state index is 14.0. The molecule has 3 aromatic carbocycles. The van der Waals surface area contributed by atoms with Crippen molar-refractivity contribution in [2.45, 2.75) is 25.3 Å². The van der Waals surface area contributed by atoms with E-state index in [0.717, 1.165) is 41.5 Å². The molecule has 0 aliphatic carbocycles. The minimum absolute atomic E-state index is 0.0737. The Morgan fingerprint density at radius 1 is 1.00 bits per heavy atom. The Bertz CT molecular complexity index is 1420. The molecule has 2 unspecified atom stereocenters. The smallest absolute Gasteiger partial charge is 0.254 e. The van der Waals surface area contributed by atoms with Gasteiger partial charge < -0.3 is 24.8 Å². The lowest BCUT2D eigenvalue weighted by Crippen LogP contribution is -2.48. The van der Waals surface area contributed by atoms with Crippen LogP contribution in [-0.4, -0.2) is 61.6 Å². The van der Waals surface area contributed by atoms with Gasteiger partial charge in [-0.2, -0.15) is 0 Å². The second kappa shape index (κ2) is 12.2. The van der Waals surface area contributed by atoms with Crippen LogP contribution in [0.3, 0.4) is 0 Å². The van der Waals surface area contributed by atoms with E-state index in [2.05, 4.69) is 34.3 Å². The van der Waals surface area contributed by atoms with Gasteiger partial charge in [0.25, 0.3) is 5.91 Å². The number of ether oxygens (including phenoxy) is 1. The number of benzene rings is 3. The molecule has 2 heterocycles.